The summed E-state index contributed by atoms with van der Waals surface area (Å²) in [4.78, 5) is 12.6. The first kappa shape index (κ1) is 19.3. The van der Waals surface area contributed by atoms with E-state index in [-0.39, 0.29) is 12.5 Å². The molecular formula is C21H21N7O2. The smallest absolute Gasteiger partial charge is 0.256 e. The van der Waals surface area contributed by atoms with Gasteiger partial charge in [0.15, 0.2) is 11.6 Å². The summed E-state index contributed by atoms with van der Waals surface area (Å²) >= 11 is 0. The highest BCUT2D eigenvalue weighted by Crippen LogP contribution is 2.16. The maximum absolute atomic E-state index is 12.6. The number of ether oxygens (including phenoxy) is 1. The summed E-state index contributed by atoms with van der Waals surface area (Å²) in [6.07, 6.45) is 1.83. The molecule has 2 aromatic carbocycles. The second-order valence-corrected chi connectivity index (χ2v) is 6.57. The fourth-order valence-electron chi connectivity index (χ4n) is 2.92. The lowest BCUT2D eigenvalue weighted by Crippen LogP contribution is -2.13. The highest BCUT2D eigenvalue weighted by molar-refractivity contribution is 6.03. The van der Waals surface area contributed by atoms with Crippen molar-refractivity contribution in [3.8, 4) is 5.75 Å². The Bertz CT molecular complexity index is 1120. The van der Waals surface area contributed by atoms with E-state index in [1.165, 1.54) is 0 Å². The number of anilines is 1. The molecule has 0 saturated heterocycles. The summed E-state index contributed by atoms with van der Waals surface area (Å²) in [5.41, 5.74) is 1.61. The van der Waals surface area contributed by atoms with Crippen LogP contribution >= 0.6 is 0 Å². The average molecular weight is 403 g/mol. The van der Waals surface area contributed by atoms with Gasteiger partial charge in [-0.25, -0.2) is 4.68 Å². The lowest BCUT2D eigenvalue weighted by Gasteiger charge is -2.08. The van der Waals surface area contributed by atoms with Crippen molar-refractivity contribution in [3.05, 3.63) is 83.8 Å². The highest BCUT2D eigenvalue weighted by Gasteiger charge is 2.11. The summed E-state index contributed by atoms with van der Waals surface area (Å²) in [7, 11) is 0. The third kappa shape index (κ3) is 4.69. The number of nitrogens with one attached hydrogen (secondary N) is 1. The minimum Gasteiger partial charge on any atom is -0.486 e. The van der Waals surface area contributed by atoms with Crippen LogP contribution in [0.2, 0.25) is 0 Å². The second-order valence-electron chi connectivity index (χ2n) is 6.57. The van der Waals surface area contributed by atoms with E-state index in [0.29, 0.717) is 36.0 Å². The van der Waals surface area contributed by atoms with E-state index in [1.54, 1.807) is 39.7 Å². The Morgan fingerprint density at radius 1 is 1.10 bits per heavy atom. The van der Waals surface area contributed by atoms with Crippen molar-refractivity contribution in [1.82, 2.24) is 30.0 Å². The van der Waals surface area contributed by atoms with Gasteiger partial charge in [0.1, 0.15) is 12.4 Å². The number of aromatic nitrogens is 6. The maximum atomic E-state index is 12.6. The van der Waals surface area contributed by atoms with Crippen LogP contribution in [-0.4, -0.2) is 35.9 Å². The van der Waals surface area contributed by atoms with Gasteiger partial charge in [-0.15, -0.1) is 5.10 Å². The number of benzene rings is 2. The Kier molecular flexibility index (Phi) is 5.79. The Labute approximate surface area is 173 Å². The Balaban J connectivity index is 1.37. The van der Waals surface area contributed by atoms with E-state index < -0.39 is 0 Å². The molecule has 0 saturated carbocycles. The SMILES string of the molecule is CCn1nnnc1COc1cccc(C(=O)Nc2ccn(Cc3ccccc3)n2)c1. The molecule has 0 atom stereocenters. The first-order valence-electron chi connectivity index (χ1n) is 9.58. The predicted molar refractivity (Wildman–Crippen MR) is 110 cm³/mol. The largest absolute Gasteiger partial charge is 0.486 e. The third-order valence-corrected chi connectivity index (χ3v) is 4.44. The number of hydrogen-bond donors (Lipinski definition) is 1. The van der Waals surface area contributed by atoms with Gasteiger partial charge in [-0.2, -0.15) is 5.10 Å². The van der Waals surface area contributed by atoms with Gasteiger partial charge in [-0.3, -0.25) is 9.48 Å². The minimum atomic E-state index is -0.260. The standard InChI is InChI=1S/C21H21N7O2/c1-2-28-20(23-25-26-28)15-30-18-10-6-9-17(13-18)21(29)22-19-11-12-27(24-19)14-16-7-4-3-5-8-16/h3-13H,2,14-15H2,1H3,(H,22,24,29). The van der Waals surface area contributed by atoms with Crippen LogP contribution < -0.4 is 10.1 Å². The van der Waals surface area contributed by atoms with Gasteiger partial charge >= 0.3 is 0 Å². The van der Waals surface area contributed by atoms with E-state index in [1.807, 2.05) is 43.5 Å². The molecule has 0 aliphatic rings. The van der Waals surface area contributed by atoms with Crippen molar-refractivity contribution in [3.63, 3.8) is 0 Å². The van der Waals surface area contributed by atoms with Crippen LogP contribution in [0.15, 0.2) is 66.9 Å². The lowest BCUT2D eigenvalue weighted by atomic mass is 10.2. The van der Waals surface area contributed by atoms with Crippen molar-refractivity contribution >= 4 is 11.7 Å². The van der Waals surface area contributed by atoms with Crippen LogP contribution in [0.1, 0.15) is 28.7 Å². The van der Waals surface area contributed by atoms with Gasteiger partial charge in [-0.1, -0.05) is 36.4 Å². The van der Waals surface area contributed by atoms with Crippen LogP contribution in [0, 0.1) is 0 Å². The summed E-state index contributed by atoms with van der Waals surface area (Å²) < 4.78 is 9.18. The van der Waals surface area contributed by atoms with Crippen LogP contribution in [0.5, 0.6) is 5.75 Å². The fraction of sp³-hybridized carbons (Fsp3) is 0.190. The monoisotopic (exact) mass is 403 g/mol. The van der Waals surface area contributed by atoms with Crippen molar-refractivity contribution in [2.45, 2.75) is 26.6 Å². The lowest BCUT2D eigenvalue weighted by molar-refractivity contribution is 0.102. The zero-order chi connectivity index (χ0) is 20.8. The van der Waals surface area contributed by atoms with Gasteiger partial charge in [0.25, 0.3) is 5.91 Å². The van der Waals surface area contributed by atoms with Crippen LogP contribution in [-0.2, 0) is 19.7 Å². The summed E-state index contributed by atoms with van der Waals surface area (Å²) in [6, 6.07) is 18.7. The first-order valence-corrected chi connectivity index (χ1v) is 9.58. The first-order chi connectivity index (χ1) is 14.7. The highest BCUT2D eigenvalue weighted by atomic mass is 16.5. The molecule has 30 heavy (non-hydrogen) atoms. The molecule has 0 spiro atoms. The molecule has 152 valence electrons. The molecular weight excluding hydrogens is 382 g/mol. The molecule has 0 fully saturated rings. The molecule has 2 heterocycles. The van der Waals surface area contributed by atoms with E-state index in [0.717, 1.165) is 5.56 Å². The molecule has 1 amide bonds. The molecule has 4 aromatic rings. The molecule has 0 bridgehead atoms. The number of rotatable bonds is 8. The summed E-state index contributed by atoms with van der Waals surface area (Å²) in [5.74, 6) is 1.41. The fourth-order valence-corrected chi connectivity index (χ4v) is 2.92. The van der Waals surface area contributed by atoms with Crippen molar-refractivity contribution < 1.29 is 9.53 Å². The molecule has 9 heteroatoms. The second kappa shape index (κ2) is 8.99. The van der Waals surface area contributed by atoms with Crippen molar-refractivity contribution in [1.29, 1.82) is 0 Å². The number of carbonyl (C=O) groups is 1. The zero-order valence-corrected chi connectivity index (χ0v) is 16.5. The molecule has 0 aliphatic carbocycles. The van der Waals surface area contributed by atoms with Crippen molar-refractivity contribution in [2.75, 3.05) is 5.32 Å². The van der Waals surface area contributed by atoms with Gasteiger partial charge in [0.2, 0.25) is 0 Å². The molecule has 0 radical (unpaired) electrons. The zero-order valence-electron chi connectivity index (χ0n) is 16.5. The number of aryl methyl sites for hydroxylation is 1. The summed E-state index contributed by atoms with van der Waals surface area (Å²) in [5, 5.41) is 18.7. The van der Waals surface area contributed by atoms with Gasteiger partial charge in [0.05, 0.1) is 6.54 Å². The van der Waals surface area contributed by atoms with Crippen molar-refractivity contribution in [2.24, 2.45) is 0 Å². The maximum Gasteiger partial charge on any atom is 0.256 e. The number of carbonyl (C=O) groups excluding carboxylic acids is 1. The normalized spacial score (nSPS) is 10.7. The molecule has 4 rings (SSSR count). The van der Waals surface area contributed by atoms with E-state index >= 15 is 0 Å². The quantitative estimate of drug-likeness (QED) is 0.486. The van der Waals surface area contributed by atoms with Crippen LogP contribution in [0.4, 0.5) is 5.82 Å². The molecule has 1 N–H and O–H groups in total. The topological polar surface area (TPSA) is 99.8 Å². The Hall–Kier alpha value is -4.01. The van der Waals surface area contributed by atoms with Gasteiger partial charge in [0, 0.05) is 24.4 Å². The minimum absolute atomic E-state index is 0.218. The molecule has 9 nitrogen and oxygen atoms in total. The predicted octanol–water partition coefficient (Wildman–Crippen LogP) is 2.77. The molecule has 0 unspecified atom stereocenters. The molecule has 0 aliphatic heterocycles. The number of tetrazole rings is 1. The van der Waals surface area contributed by atoms with Gasteiger partial charge in [-0.05, 0) is 41.1 Å². The van der Waals surface area contributed by atoms with E-state index in [4.69, 9.17) is 4.74 Å². The van der Waals surface area contributed by atoms with Crippen LogP contribution in [0.25, 0.3) is 0 Å². The number of amides is 1. The van der Waals surface area contributed by atoms with E-state index in [2.05, 4.69) is 25.9 Å². The number of nitrogens with zero attached hydrogens (tertiary/aromatic N) is 6. The Morgan fingerprint density at radius 2 is 1.97 bits per heavy atom. The third-order valence-electron chi connectivity index (χ3n) is 4.44. The van der Waals surface area contributed by atoms with Gasteiger partial charge < -0.3 is 10.1 Å². The Morgan fingerprint density at radius 3 is 2.80 bits per heavy atom. The number of hydrogen-bond acceptors (Lipinski definition) is 6. The van der Waals surface area contributed by atoms with Crippen LogP contribution in [0.3, 0.4) is 0 Å². The molecule has 2 aromatic heterocycles. The average Bonchev–Trinajstić information content (AvgIpc) is 3.42. The van der Waals surface area contributed by atoms with E-state index in [9.17, 15) is 4.79 Å². The summed E-state index contributed by atoms with van der Waals surface area (Å²) in [6.45, 7) is 3.46.